The van der Waals surface area contributed by atoms with Crippen molar-refractivity contribution in [1.82, 2.24) is 30.0 Å². The van der Waals surface area contributed by atoms with Crippen LogP contribution in [0.2, 0.25) is 0 Å². The molecule has 0 radical (unpaired) electrons. The molecule has 1 aliphatic rings. The summed E-state index contributed by atoms with van der Waals surface area (Å²) >= 11 is 1.45. The smallest absolute Gasteiger partial charge is 0.210 e. The summed E-state index contributed by atoms with van der Waals surface area (Å²) in [6.45, 7) is 3.89. The van der Waals surface area contributed by atoms with Gasteiger partial charge in [0.05, 0.1) is 11.7 Å². The number of anilines is 2. The van der Waals surface area contributed by atoms with Gasteiger partial charge in [0.2, 0.25) is 5.13 Å². The Balaban J connectivity index is 1.56. The van der Waals surface area contributed by atoms with Gasteiger partial charge in [-0.1, -0.05) is 17.4 Å². The monoisotopic (exact) mass is 353 g/mol. The molecular formula is C17H19N7S. The minimum absolute atomic E-state index is 0.303. The molecule has 0 spiro atoms. The Morgan fingerprint density at radius 1 is 1.36 bits per heavy atom. The van der Waals surface area contributed by atoms with Crippen molar-refractivity contribution in [3.8, 4) is 0 Å². The molecule has 1 atom stereocenters. The van der Waals surface area contributed by atoms with Gasteiger partial charge >= 0.3 is 0 Å². The molecule has 1 N–H and O–H groups in total. The van der Waals surface area contributed by atoms with Crippen molar-refractivity contribution in [3.05, 3.63) is 53.2 Å². The van der Waals surface area contributed by atoms with Crippen LogP contribution in [0.1, 0.15) is 36.0 Å². The van der Waals surface area contributed by atoms with E-state index in [0.717, 1.165) is 42.0 Å². The van der Waals surface area contributed by atoms with Crippen LogP contribution < -0.4 is 5.32 Å². The SMILES string of the molecule is Cc1nc(Nc2nncs2)cc(C2CCCN2Cc2cccnc2)n1. The van der Waals surface area contributed by atoms with Gasteiger partial charge in [0, 0.05) is 25.0 Å². The summed E-state index contributed by atoms with van der Waals surface area (Å²) in [5.41, 5.74) is 3.98. The Hall–Kier alpha value is -2.45. The quantitative estimate of drug-likeness (QED) is 0.755. The van der Waals surface area contributed by atoms with Gasteiger partial charge in [-0.3, -0.25) is 9.88 Å². The van der Waals surface area contributed by atoms with Gasteiger partial charge in [-0.2, -0.15) is 0 Å². The number of hydrogen-bond acceptors (Lipinski definition) is 8. The van der Waals surface area contributed by atoms with E-state index < -0.39 is 0 Å². The summed E-state index contributed by atoms with van der Waals surface area (Å²) < 4.78 is 0. The zero-order valence-corrected chi connectivity index (χ0v) is 14.8. The molecule has 0 aromatic carbocycles. The molecule has 1 saturated heterocycles. The fourth-order valence-electron chi connectivity index (χ4n) is 3.24. The molecule has 7 nitrogen and oxygen atoms in total. The van der Waals surface area contributed by atoms with E-state index in [1.807, 2.05) is 31.5 Å². The van der Waals surface area contributed by atoms with Crippen molar-refractivity contribution in [1.29, 1.82) is 0 Å². The van der Waals surface area contributed by atoms with Gasteiger partial charge < -0.3 is 5.32 Å². The average molecular weight is 353 g/mol. The van der Waals surface area contributed by atoms with Crippen molar-refractivity contribution in [2.75, 3.05) is 11.9 Å². The molecule has 0 aliphatic carbocycles. The van der Waals surface area contributed by atoms with Crippen LogP contribution in [-0.4, -0.2) is 36.6 Å². The van der Waals surface area contributed by atoms with E-state index in [0.29, 0.717) is 6.04 Å². The Morgan fingerprint density at radius 2 is 2.32 bits per heavy atom. The predicted octanol–water partition coefficient (Wildman–Crippen LogP) is 3.11. The summed E-state index contributed by atoms with van der Waals surface area (Å²) in [4.78, 5) is 15.9. The van der Waals surface area contributed by atoms with Crippen LogP contribution in [0.25, 0.3) is 0 Å². The van der Waals surface area contributed by atoms with Crippen molar-refractivity contribution < 1.29 is 0 Å². The fraction of sp³-hybridized carbons (Fsp3) is 0.353. The van der Waals surface area contributed by atoms with Gasteiger partial charge in [0.15, 0.2) is 0 Å². The Kier molecular flexibility index (Phi) is 4.62. The summed E-state index contributed by atoms with van der Waals surface area (Å²) in [7, 11) is 0. The highest BCUT2D eigenvalue weighted by Crippen LogP contribution is 2.33. The second-order valence-electron chi connectivity index (χ2n) is 6.08. The second-order valence-corrected chi connectivity index (χ2v) is 6.92. The van der Waals surface area contributed by atoms with E-state index in [1.54, 1.807) is 5.51 Å². The molecule has 1 fully saturated rings. The number of aryl methyl sites for hydroxylation is 1. The number of hydrogen-bond donors (Lipinski definition) is 1. The summed E-state index contributed by atoms with van der Waals surface area (Å²) in [5.74, 6) is 1.53. The van der Waals surface area contributed by atoms with Crippen molar-refractivity contribution in [2.24, 2.45) is 0 Å². The van der Waals surface area contributed by atoms with Crippen molar-refractivity contribution >= 4 is 22.3 Å². The molecule has 128 valence electrons. The van der Waals surface area contributed by atoms with Crippen LogP contribution >= 0.6 is 11.3 Å². The first-order valence-corrected chi connectivity index (χ1v) is 9.17. The van der Waals surface area contributed by atoms with E-state index in [2.05, 4.69) is 36.4 Å². The zero-order valence-electron chi connectivity index (χ0n) is 14.0. The molecule has 0 saturated carbocycles. The molecule has 0 amide bonds. The molecule has 4 rings (SSSR count). The van der Waals surface area contributed by atoms with Gasteiger partial charge in [0.1, 0.15) is 17.2 Å². The highest BCUT2D eigenvalue weighted by Gasteiger charge is 2.27. The number of pyridine rings is 1. The third-order valence-electron chi connectivity index (χ3n) is 4.27. The van der Waals surface area contributed by atoms with E-state index >= 15 is 0 Å². The molecule has 3 aromatic rings. The third-order valence-corrected chi connectivity index (χ3v) is 4.87. The molecule has 3 aromatic heterocycles. The normalized spacial score (nSPS) is 17.7. The van der Waals surface area contributed by atoms with Crippen LogP contribution in [0.3, 0.4) is 0 Å². The van der Waals surface area contributed by atoms with E-state index in [9.17, 15) is 0 Å². The lowest BCUT2D eigenvalue weighted by Crippen LogP contribution is -2.24. The largest absolute Gasteiger partial charge is 0.315 e. The van der Waals surface area contributed by atoms with E-state index in [1.165, 1.54) is 23.3 Å². The molecule has 8 heteroatoms. The minimum atomic E-state index is 0.303. The molecule has 1 unspecified atom stereocenters. The fourth-order valence-corrected chi connectivity index (χ4v) is 3.69. The standard InChI is InChI=1S/C17H19N7S/c1-12-20-14(8-16(21-12)22-17-23-19-11-25-17)15-5-3-7-24(15)10-13-4-2-6-18-9-13/h2,4,6,8-9,11,15H,3,5,7,10H2,1H3,(H,20,21,22,23). The van der Waals surface area contributed by atoms with Crippen LogP contribution in [0.15, 0.2) is 36.1 Å². The maximum atomic E-state index is 4.70. The van der Waals surface area contributed by atoms with Crippen LogP contribution in [0.4, 0.5) is 10.9 Å². The van der Waals surface area contributed by atoms with Gasteiger partial charge in [-0.05, 0) is 37.9 Å². The van der Waals surface area contributed by atoms with Crippen molar-refractivity contribution in [3.63, 3.8) is 0 Å². The Morgan fingerprint density at radius 3 is 3.12 bits per heavy atom. The number of aromatic nitrogens is 5. The predicted molar refractivity (Wildman–Crippen MR) is 96.6 cm³/mol. The number of nitrogens with one attached hydrogen (secondary N) is 1. The first-order chi connectivity index (χ1) is 12.3. The van der Waals surface area contributed by atoms with Crippen LogP contribution in [-0.2, 0) is 6.54 Å². The molecule has 0 bridgehead atoms. The lowest BCUT2D eigenvalue weighted by atomic mass is 10.1. The first kappa shape index (κ1) is 16.0. The Labute approximate surface area is 150 Å². The van der Waals surface area contributed by atoms with Gasteiger partial charge in [-0.15, -0.1) is 10.2 Å². The molecular weight excluding hydrogens is 334 g/mol. The van der Waals surface area contributed by atoms with Gasteiger partial charge in [0.25, 0.3) is 0 Å². The lowest BCUT2D eigenvalue weighted by Gasteiger charge is -2.24. The summed E-state index contributed by atoms with van der Waals surface area (Å²) in [6.07, 6.45) is 6.02. The van der Waals surface area contributed by atoms with Crippen LogP contribution in [0.5, 0.6) is 0 Å². The zero-order chi connectivity index (χ0) is 17.1. The molecule has 25 heavy (non-hydrogen) atoms. The highest BCUT2D eigenvalue weighted by atomic mass is 32.1. The maximum absolute atomic E-state index is 4.70. The number of nitrogens with zero attached hydrogens (tertiary/aromatic N) is 6. The van der Waals surface area contributed by atoms with E-state index in [4.69, 9.17) is 4.98 Å². The van der Waals surface area contributed by atoms with Crippen molar-refractivity contribution in [2.45, 2.75) is 32.4 Å². The first-order valence-electron chi connectivity index (χ1n) is 8.29. The topological polar surface area (TPSA) is 79.7 Å². The van der Waals surface area contributed by atoms with E-state index in [-0.39, 0.29) is 0 Å². The third kappa shape index (κ3) is 3.80. The second kappa shape index (κ2) is 7.20. The number of likely N-dealkylation sites (tertiary alicyclic amines) is 1. The minimum Gasteiger partial charge on any atom is -0.315 e. The van der Waals surface area contributed by atoms with Crippen LogP contribution in [0, 0.1) is 6.92 Å². The average Bonchev–Trinajstić information content (AvgIpc) is 3.27. The Bertz CT molecular complexity index is 822. The van der Waals surface area contributed by atoms with Gasteiger partial charge in [-0.25, -0.2) is 9.97 Å². The summed E-state index contributed by atoms with van der Waals surface area (Å²) in [5, 5.41) is 11.8. The summed E-state index contributed by atoms with van der Waals surface area (Å²) in [6, 6.07) is 6.44. The molecule has 4 heterocycles. The maximum Gasteiger partial charge on any atom is 0.210 e. The highest BCUT2D eigenvalue weighted by molar-refractivity contribution is 7.13. The number of rotatable bonds is 5. The molecule has 1 aliphatic heterocycles. The lowest BCUT2D eigenvalue weighted by molar-refractivity contribution is 0.244.